The number of nitrogens with zero attached hydrogens (tertiary/aromatic N) is 1. The lowest BCUT2D eigenvalue weighted by Crippen LogP contribution is -2.50. The van der Waals surface area contributed by atoms with Gasteiger partial charge in [0, 0.05) is 19.1 Å². The van der Waals surface area contributed by atoms with Crippen LogP contribution in [-0.2, 0) is 26.0 Å². The Balaban J connectivity index is 1.95. The molecule has 32 heavy (non-hydrogen) atoms. The molecule has 0 atom stereocenters. The predicted molar refractivity (Wildman–Crippen MR) is 104 cm³/mol. The summed E-state index contributed by atoms with van der Waals surface area (Å²) in [7, 11) is -8.99. The smallest absolute Gasteiger partial charge is 0.417 e. The number of halogens is 3. The highest BCUT2D eigenvalue weighted by Crippen LogP contribution is 2.37. The van der Waals surface area contributed by atoms with Crippen LogP contribution in [0.2, 0.25) is 0 Å². The molecule has 1 fully saturated rings. The maximum absolute atomic E-state index is 13.7. The zero-order valence-corrected chi connectivity index (χ0v) is 18.0. The number of carbonyl (C=O) groups is 1. The van der Waals surface area contributed by atoms with Crippen molar-refractivity contribution in [3.05, 3.63) is 54.1 Å². The van der Waals surface area contributed by atoms with Gasteiger partial charge < -0.3 is 14.8 Å². The van der Waals surface area contributed by atoms with Crippen molar-refractivity contribution >= 4 is 26.0 Å². The third-order valence-electron chi connectivity index (χ3n) is 4.98. The fourth-order valence-electron chi connectivity index (χ4n) is 3.33. The SMILES string of the molecule is O=C([O-])N1CCC(NS(=O)(=O)c2ccc(S(=O)(=O)c3ccccc3)cc2C(F)(F)F)CC1. The normalized spacial score (nSPS) is 16.2. The van der Waals surface area contributed by atoms with Crippen LogP contribution < -0.4 is 9.83 Å². The first-order valence-corrected chi connectivity index (χ1v) is 12.3. The first-order chi connectivity index (χ1) is 14.8. The van der Waals surface area contributed by atoms with Gasteiger partial charge in [-0.2, -0.15) is 13.2 Å². The second-order valence-electron chi connectivity index (χ2n) is 7.12. The Bertz CT molecular complexity index is 1210. The van der Waals surface area contributed by atoms with Gasteiger partial charge in [-0.25, -0.2) is 21.6 Å². The maximum atomic E-state index is 13.7. The van der Waals surface area contributed by atoms with Crippen molar-refractivity contribution in [1.29, 1.82) is 0 Å². The molecule has 2 aromatic rings. The van der Waals surface area contributed by atoms with Crippen molar-refractivity contribution < 1.29 is 39.9 Å². The van der Waals surface area contributed by atoms with Gasteiger partial charge in [0.05, 0.1) is 20.2 Å². The number of likely N-dealkylation sites (tertiary alicyclic amines) is 1. The molecule has 0 spiro atoms. The number of carboxylic acid groups (broad SMARTS) is 1. The van der Waals surface area contributed by atoms with Gasteiger partial charge in [-0.1, -0.05) is 18.2 Å². The van der Waals surface area contributed by atoms with E-state index in [1.54, 1.807) is 6.07 Å². The molecule has 2 aromatic carbocycles. The standard InChI is InChI=1S/C19H19F3N2O6S2/c20-19(21,22)16-12-15(31(27,28)14-4-2-1-3-5-14)6-7-17(16)32(29,30)23-13-8-10-24(11-9-13)18(25)26/h1-7,12-13,23H,8-11H2,(H,25,26)/p-1. The predicted octanol–water partition coefficient (Wildman–Crippen LogP) is 1.62. The van der Waals surface area contributed by atoms with E-state index in [2.05, 4.69) is 4.72 Å². The minimum absolute atomic E-state index is 0.0318. The van der Waals surface area contributed by atoms with E-state index in [0.717, 1.165) is 11.0 Å². The largest absolute Gasteiger partial charge is 0.530 e. The fraction of sp³-hybridized carbons (Fsp3) is 0.316. The van der Waals surface area contributed by atoms with E-state index in [1.165, 1.54) is 24.3 Å². The van der Waals surface area contributed by atoms with Crippen LogP contribution in [0.3, 0.4) is 0 Å². The topological polar surface area (TPSA) is 124 Å². The van der Waals surface area contributed by atoms with Crippen LogP contribution in [0, 0.1) is 0 Å². The average molecular weight is 491 g/mol. The van der Waals surface area contributed by atoms with Gasteiger partial charge in [0.25, 0.3) is 0 Å². The van der Waals surface area contributed by atoms with Gasteiger partial charge in [-0.3, -0.25) is 0 Å². The van der Waals surface area contributed by atoms with E-state index >= 15 is 0 Å². The van der Waals surface area contributed by atoms with Crippen molar-refractivity contribution in [3.63, 3.8) is 0 Å². The maximum Gasteiger partial charge on any atom is 0.417 e. The summed E-state index contributed by atoms with van der Waals surface area (Å²) in [6, 6.07) is 7.72. The lowest BCUT2D eigenvalue weighted by molar-refractivity contribution is -0.266. The fourth-order valence-corrected chi connectivity index (χ4v) is 6.15. The molecule has 0 unspecified atom stereocenters. The highest BCUT2D eigenvalue weighted by molar-refractivity contribution is 7.91. The first-order valence-electron chi connectivity index (χ1n) is 9.32. The molecule has 0 saturated carbocycles. The number of carbonyl (C=O) groups excluding carboxylic acids is 1. The van der Waals surface area contributed by atoms with Crippen LogP contribution in [0.5, 0.6) is 0 Å². The molecule has 1 aliphatic rings. The number of sulfonamides is 1. The summed E-state index contributed by atoms with van der Waals surface area (Å²) >= 11 is 0. The molecule has 1 aliphatic heterocycles. The van der Waals surface area contributed by atoms with E-state index in [-0.39, 0.29) is 30.8 Å². The molecule has 174 valence electrons. The van der Waals surface area contributed by atoms with Crippen LogP contribution >= 0.6 is 0 Å². The third kappa shape index (κ3) is 5.05. The van der Waals surface area contributed by atoms with Crippen LogP contribution in [0.4, 0.5) is 18.0 Å². The third-order valence-corrected chi connectivity index (χ3v) is 8.33. The summed E-state index contributed by atoms with van der Waals surface area (Å²) in [6.07, 6.45) is -6.46. The molecule has 0 aliphatic carbocycles. The summed E-state index contributed by atoms with van der Waals surface area (Å²) in [4.78, 5) is 9.76. The summed E-state index contributed by atoms with van der Waals surface area (Å²) < 4.78 is 94.1. The first kappa shape index (κ1) is 24.0. The number of alkyl halides is 3. The highest BCUT2D eigenvalue weighted by Gasteiger charge is 2.39. The van der Waals surface area contributed by atoms with E-state index in [9.17, 15) is 39.9 Å². The van der Waals surface area contributed by atoms with Crippen LogP contribution in [0.1, 0.15) is 18.4 Å². The van der Waals surface area contributed by atoms with Crippen LogP contribution in [0.25, 0.3) is 0 Å². The summed E-state index contributed by atoms with van der Waals surface area (Å²) in [5, 5.41) is 10.8. The molecule has 1 amide bonds. The van der Waals surface area contributed by atoms with Crippen molar-refractivity contribution in [3.8, 4) is 0 Å². The van der Waals surface area contributed by atoms with Gasteiger partial charge in [0.1, 0.15) is 6.09 Å². The molecular weight excluding hydrogens is 473 g/mol. The Kier molecular flexibility index (Phi) is 6.54. The van der Waals surface area contributed by atoms with Gasteiger partial charge in [-0.15, -0.1) is 0 Å². The molecule has 1 N–H and O–H groups in total. The molecule has 3 rings (SSSR count). The van der Waals surface area contributed by atoms with Crippen molar-refractivity contribution in [2.24, 2.45) is 0 Å². The highest BCUT2D eigenvalue weighted by atomic mass is 32.2. The van der Waals surface area contributed by atoms with Crippen molar-refractivity contribution in [1.82, 2.24) is 9.62 Å². The Morgan fingerprint density at radius 3 is 2.09 bits per heavy atom. The van der Waals surface area contributed by atoms with E-state index in [1.807, 2.05) is 0 Å². The Morgan fingerprint density at radius 2 is 1.56 bits per heavy atom. The molecule has 0 bridgehead atoms. The lowest BCUT2D eigenvalue weighted by Gasteiger charge is -2.33. The zero-order chi connectivity index (χ0) is 23.7. The van der Waals surface area contributed by atoms with Gasteiger partial charge in [-0.05, 0) is 43.2 Å². The second kappa shape index (κ2) is 8.71. The number of hydrogen-bond donors (Lipinski definition) is 1. The number of amides is 1. The summed E-state index contributed by atoms with van der Waals surface area (Å²) in [5.74, 6) is 0. The van der Waals surface area contributed by atoms with E-state index in [0.29, 0.717) is 12.1 Å². The number of piperidine rings is 1. The Hall–Kier alpha value is -2.64. The molecular formula is C19H18F3N2O6S2-. The number of rotatable bonds is 5. The summed E-state index contributed by atoms with van der Waals surface area (Å²) in [5.41, 5.74) is -1.62. The minimum atomic E-state index is -5.15. The van der Waals surface area contributed by atoms with E-state index in [4.69, 9.17) is 0 Å². The number of nitrogens with one attached hydrogen (secondary N) is 1. The average Bonchev–Trinajstić information content (AvgIpc) is 2.73. The number of benzene rings is 2. The summed E-state index contributed by atoms with van der Waals surface area (Å²) in [6.45, 7) is -0.0637. The zero-order valence-electron chi connectivity index (χ0n) is 16.4. The lowest BCUT2D eigenvalue weighted by atomic mass is 10.1. The number of sulfone groups is 1. The van der Waals surface area contributed by atoms with Crippen molar-refractivity contribution in [2.75, 3.05) is 13.1 Å². The van der Waals surface area contributed by atoms with Gasteiger partial charge in [0.2, 0.25) is 19.9 Å². The second-order valence-corrected chi connectivity index (χ2v) is 10.8. The molecule has 1 saturated heterocycles. The molecule has 0 aromatic heterocycles. The van der Waals surface area contributed by atoms with Gasteiger partial charge in [0.15, 0.2) is 0 Å². The minimum Gasteiger partial charge on any atom is -0.530 e. The van der Waals surface area contributed by atoms with Crippen molar-refractivity contribution in [2.45, 2.75) is 39.7 Å². The molecule has 8 nitrogen and oxygen atoms in total. The number of hydrogen-bond acceptors (Lipinski definition) is 6. The Morgan fingerprint density at radius 1 is 0.969 bits per heavy atom. The quantitative estimate of drug-likeness (QED) is 0.678. The van der Waals surface area contributed by atoms with Crippen LogP contribution in [0.15, 0.2) is 63.2 Å². The van der Waals surface area contributed by atoms with E-state index < -0.39 is 53.5 Å². The van der Waals surface area contributed by atoms with Gasteiger partial charge >= 0.3 is 6.18 Å². The molecule has 1 heterocycles. The molecule has 0 radical (unpaired) electrons. The van der Waals surface area contributed by atoms with Crippen LogP contribution in [-0.4, -0.2) is 47.0 Å². The Labute approximate surface area is 182 Å². The molecule has 13 heteroatoms. The monoisotopic (exact) mass is 491 g/mol.